The molecule has 0 aliphatic carbocycles. The highest BCUT2D eigenvalue weighted by Crippen LogP contribution is 2.07. The number of amides is 1. The predicted molar refractivity (Wildman–Crippen MR) is 59.8 cm³/mol. The van der Waals surface area contributed by atoms with Crippen molar-refractivity contribution in [2.75, 3.05) is 26.7 Å². The second-order valence-corrected chi connectivity index (χ2v) is 4.64. The fourth-order valence-electron chi connectivity index (χ4n) is 1.67. The Morgan fingerprint density at radius 3 is 2.87 bits per heavy atom. The molecule has 0 radical (unpaired) electrons. The Bertz CT molecular complexity index is 201. The van der Waals surface area contributed by atoms with E-state index in [2.05, 4.69) is 5.32 Å². The summed E-state index contributed by atoms with van der Waals surface area (Å²) < 4.78 is 5.13. The Balaban J connectivity index is 2.19. The van der Waals surface area contributed by atoms with Crippen molar-refractivity contribution in [2.24, 2.45) is 5.92 Å². The van der Waals surface area contributed by atoms with Crippen LogP contribution in [0, 0.1) is 5.92 Å². The summed E-state index contributed by atoms with van der Waals surface area (Å²) in [6.45, 7) is 6.38. The van der Waals surface area contributed by atoms with Crippen LogP contribution in [0.1, 0.15) is 26.7 Å². The summed E-state index contributed by atoms with van der Waals surface area (Å²) in [4.78, 5) is 13.2. The Labute approximate surface area is 92.0 Å². The summed E-state index contributed by atoms with van der Waals surface area (Å²) in [6, 6.07) is 0.446. The lowest BCUT2D eigenvalue weighted by atomic mass is 10.2. The Morgan fingerprint density at radius 1 is 1.60 bits per heavy atom. The first kappa shape index (κ1) is 12.3. The van der Waals surface area contributed by atoms with E-state index in [-0.39, 0.29) is 6.09 Å². The maximum atomic E-state index is 11.5. The summed E-state index contributed by atoms with van der Waals surface area (Å²) in [6.07, 6.45) is 2.15. The average molecular weight is 214 g/mol. The van der Waals surface area contributed by atoms with Crippen molar-refractivity contribution in [3.63, 3.8) is 0 Å². The molecule has 1 rings (SSSR count). The molecule has 0 aromatic carbocycles. The lowest BCUT2D eigenvalue weighted by Gasteiger charge is -2.21. The first-order chi connectivity index (χ1) is 7.09. The first-order valence-corrected chi connectivity index (χ1v) is 5.71. The molecule has 0 bridgehead atoms. The Kier molecular flexibility index (Phi) is 4.88. The van der Waals surface area contributed by atoms with Gasteiger partial charge < -0.3 is 15.0 Å². The summed E-state index contributed by atoms with van der Waals surface area (Å²) in [5.74, 6) is 0.395. The van der Waals surface area contributed by atoms with Gasteiger partial charge in [-0.3, -0.25) is 0 Å². The third kappa shape index (κ3) is 4.51. The maximum Gasteiger partial charge on any atom is 0.409 e. The molecule has 1 fully saturated rings. The SMILES string of the molecule is CC(C)COC(=O)N(C)CC1CCCN1. The van der Waals surface area contributed by atoms with Crippen molar-refractivity contribution < 1.29 is 9.53 Å². The van der Waals surface area contributed by atoms with E-state index >= 15 is 0 Å². The van der Waals surface area contributed by atoms with Crippen LogP contribution in [0.15, 0.2) is 0 Å². The number of hydrogen-bond donors (Lipinski definition) is 1. The quantitative estimate of drug-likeness (QED) is 0.770. The molecule has 1 unspecified atom stereocenters. The van der Waals surface area contributed by atoms with Gasteiger partial charge in [-0.25, -0.2) is 4.79 Å². The number of rotatable bonds is 4. The molecular formula is C11H22N2O2. The molecule has 1 N–H and O–H groups in total. The van der Waals surface area contributed by atoms with Gasteiger partial charge in [-0.1, -0.05) is 13.8 Å². The van der Waals surface area contributed by atoms with Crippen LogP contribution >= 0.6 is 0 Å². The fraction of sp³-hybridized carbons (Fsp3) is 0.909. The van der Waals surface area contributed by atoms with Gasteiger partial charge >= 0.3 is 6.09 Å². The van der Waals surface area contributed by atoms with Crippen molar-refractivity contribution in [3.05, 3.63) is 0 Å². The molecular weight excluding hydrogens is 192 g/mol. The molecule has 1 atom stereocenters. The minimum Gasteiger partial charge on any atom is -0.449 e. The summed E-state index contributed by atoms with van der Waals surface area (Å²) in [5.41, 5.74) is 0. The van der Waals surface area contributed by atoms with Gasteiger partial charge in [0, 0.05) is 19.6 Å². The smallest absolute Gasteiger partial charge is 0.409 e. The topological polar surface area (TPSA) is 41.6 Å². The van der Waals surface area contributed by atoms with Crippen LogP contribution in [-0.2, 0) is 4.74 Å². The van der Waals surface area contributed by atoms with Crippen molar-refractivity contribution in [3.8, 4) is 0 Å². The summed E-state index contributed by atoms with van der Waals surface area (Å²) in [7, 11) is 1.79. The third-order valence-corrected chi connectivity index (χ3v) is 2.51. The van der Waals surface area contributed by atoms with Crippen molar-refractivity contribution in [1.29, 1.82) is 0 Å². The van der Waals surface area contributed by atoms with Gasteiger partial charge in [-0.05, 0) is 25.3 Å². The van der Waals surface area contributed by atoms with Crippen LogP contribution in [0.25, 0.3) is 0 Å². The van der Waals surface area contributed by atoms with Gasteiger partial charge in [-0.2, -0.15) is 0 Å². The van der Waals surface area contributed by atoms with E-state index in [1.165, 1.54) is 6.42 Å². The van der Waals surface area contributed by atoms with Gasteiger partial charge in [0.1, 0.15) is 0 Å². The number of hydrogen-bond acceptors (Lipinski definition) is 3. The molecule has 4 heteroatoms. The zero-order valence-corrected chi connectivity index (χ0v) is 9.95. The van der Waals surface area contributed by atoms with Crippen molar-refractivity contribution in [1.82, 2.24) is 10.2 Å². The van der Waals surface area contributed by atoms with E-state index in [9.17, 15) is 4.79 Å². The fourth-order valence-corrected chi connectivity index (χ4v) is 1.67. The number of ether oxygens (including phenoxy) is 1. The van der Waals surface area contributed by atoms with E-state index < -0.39 is 0 Å². The van der Waals surface area contributed by atoms with E-state index in [4.69, 9.17) is 4.74 Å². The van der Waals surface area contributed by atoms with Crippen molar-refractivity contribution in [2.45, 2.75) is 32.7 Å². The number of likely N-dealkylation sites (N-methyl/N-ethyl adjacent to an activating group) is 1. The zero-order valence-electron chi connectivity index (χ0n) is 9.95. The minimum atomic E-state index is -0.211. The maximum absolute atomic E-state index is 11.5. The highest BCUT2D eigenvalue weighted by atomic mass is 16.6. The molecule has 1 amide bonds. The summed E-state index contributed by atoms with van der Waals surface area (Å²) >= 11 is 0. The van der Waals surface area contributed by atoms with Crippen LogP contribution in [0.4, 0.5) is 4.79 Å². The van der Waals surface area contributed by atoms with Gasteiger partial charge in [0.15, 0.2) is 0 Å². The van der Waals surface area contributed by atoms with E-state index in [1.54, 1.807) is 11.9 Å². The van der Waals surface area contributed by atoms with Crippen LogP contribution in [-0.4, -0.2) is 43.8 Å². The van der Waals surface area contributed by atoms with Gasteiger partial charge in [0.05, 0.1) is 6.61 Å². The number of nitrogens with zero attached hydrogens (tertiary/aromatic N) is 1. The Hall–Kier alpha value is -0.770. The first-order valence-electron chi connectivity index (χ1n) is 5.71. The van der Waals surface area contributed by atoms with Crippen LogP contribution < -0.4 is 5.32 Å². The van der Waals surface area contributed by atoms with E-state index in [1.807, 2.05) is 13.8 Å². The molecule has 1 heterocycles. The van der Waals surface area contributed by atoms with Gasteiger partial charge in [-0.15, -0.1) is 0 Å². The normalized spacial score (nSPS) is 20.7. The van der Waals surface area contributed by atoms with E-state index in [0.29, 0.717) is 18.6 Å². The second-order valence-electron chi connectivity index (χ2n) is 4.64. The largest absolute Gasteiger partial charge is 0.449 e. The van der Waals surface area contributed by atoms with E-state index in [0.717, 1.165) is 19.5 Å². The summed E-state index contributed by atoms with van der Waals surface area (Å²) in [5, 5.41) is 3.36. The molecule has 4 nitrogen and oxygen atoms in total. The number of nitrogens with one attached hydrogen (secondary N) is 1. The molecule has 0 spiro atoms. The second kappa shape index (κ2) is 5.95. The number of carbonyl (C=O) groups is 1. The Morgan fingerprint density at radius 2 is 2.33 bits per heavy atom. The lowest BCUT2D eigenvalue weighted by molar-refractivity contribution is 0.0976. The number of carbonyl (C=O) groups excluding carboxylic acids is 1. The monoisotopic (exact) mass is 214 g/mol. The minimum absolute atomic E-state index is 0.211. The molecule has 88 valence electrons. The third-order valence-electron chi connectivity index (χ3n) is 2.51. The van der Waals surface area contributed by atoms with Gasteiger partial charge in [0.25, 0.3) is 0 Å². The standard InChI is InChI=1S/C11H22N2O2/c1-9(2)8-15-11(14)13(3)7-10-5-4-6-12-10/h9-10,12H,4-8H2,1-3H3. The predicted octanol–water partition coefficient (Wildman–Crippen LogP) is 1.46. The molecule has 1 saturated heterocycles. The van der Waals surface area contributed by atoms with Crippen LogP contribution in [0.5, 0.6) is 0 Å². The molecule has 1 aliphatic rings. The molecule has 15 heavy (non-hydrogen) atoms. The van der Waals surface area contributed by atoms with Crippen LogP contribution in [0.2, 0.25) is 0 Å². The highest BCUT2D eigenvalue weighted by Gasteiger charge is 2.19. The highest BCUT2D eigenvalue weighted by molar-refractivity contribution is 5.67. The molecule has 0 saturated carbocycles. The lowest BCUT2D eigenvalue weighted by Crippen LogP contribution is -2.39. The molecule has 1 aliphatic heterocycles. The molecule has 0 aromatic heterocycles. The average Bonchev–Trinajstić information content (AvgIpc) is 2.66. The van der Waals surface area contributed by atoms with Crippen molar-refractivity contribution >= 4 is 6.09 Å². The van der Waals surface area contributed by atoms with Gasteiger partial charge in [0.2, 0.25) is 0 Å². The molecule has 0 aromatic rings. The zero-order chi connectivity index (χ0) is 11.3. The van der Waals surface area contributed by atoms with Crippen LogP contribution in [0.3, 0.4) is 0 Å².